The summed E-state index contributed by atoms with van der Waals surface area (Å²) in [5.41, 5.74) is 8.97. The first-order chi connectivity index (χ1) is 8.29. The highest BCUT2D eigenvalue weighted by Crippen LogP contribution is 2.14. The zero-order valence-corrected chi connectivity index (χ0v) is 10.5. The fourth-order valence-electron chi connectivity index (χ4n) is 2.09. The lowest BCUT2D eigenvalue weighted by molar-refractivity contribution is 0.638. The number of fused-ring (bicyclic) bond motifs is 1. The number of nitrogens with two attached hydrogens (primary N) is 1. The summed E-state index contributed by atoms with van der Waals surface area (Å²) < 4.78 is 0. The molecule has 3 heteroatoms. The quantitative estimate of drug-likeness (QED) is 0.751. The highest BCUT2D eigenvalue weighted by atomic mass is 14.9. The number of aromatic amines is 1. The van der Waals surface area contributed by atoms with Crippen LogP contribution in [0, 0.1) is 6.92 Å². The third kappa shape index (κ3) is 3.30. The van der Waals surface area contributed by atoms with Crippen molar-refractivity contribution >= 4 is 11.0 Å². The number of unbranched alkanes of at least 4 members (excludes halogenated alkanes) is 3. The molecule has 0 aliphatic heterocycles. The second-order valence-electron chi connectivity index (χ2n) is 4.66. The molecule has 3 nitrogen and oxygen atoms in total. The maximum Gasteiger partial charge on any atom is 0.107 e. The Hall–Kier alpha value is -1.35. The van der Waals surface area contributed by atoms with E-state index in [0.29, 0.717) is 0 Å². The molecular formula is C14H21N3. The van der Waals surface area contributed by atoms with Gasteiger partial charge in [0.05, 0.1) is 11.0 Å². The number of rotatable bonds is 6. The molecule has 2 aromatic rings. The van der Waals surface area contributed by atoms with E-state index in [2.05, 4.69) is 35.1 Å². The average Bonchev–Trinajstić information content (AvgIpc) is 2.70. The largest absolute Gasteiger partial charge is 0.342 e. The maximum absolute atomic E-state index is 5.47. The lowest BCUT2D eigenvalue weighted by atomic mass is 10.1. The van der Waals surface area contributed by atoms with Gasteiger partial charge in [-0.2, -0.15) is 0 Å². The van der Waals surface area contributed by atoms with Gasteiger partial charge >= 0.3 is 0 Å². The molecule has 0 radical (unpaired) electrons. The van der Waals surface area contributed by atoms with Crippen molar-refractivity contribution in [3.05, 3.63) is 29.6 Å². The number of benzene rings is 1. The van der Waals surface area contributed by atoms with Crippen molar-refractivity contribution in [2.24, 2.45) is 5.73 Å². The molecule has 1 heterocycles. The molecule has 0 aliphatic rings. The Morgan fingerprint density at radius 1 is 1.18 bits per heavy atom. The molecule has 0 atom stereocenters. The zero-order chi connectivity index (χ0) is 12.1. The van der Waals surface area contributed by atoms with Gasteiger partial charge in [0.2, 0.25) is 0 Å². The van der Waals surface area contributed by atoms with Crippen molar-refractivity contribution in [3.8, 4) is 0 Å². The maximum atomic E-state index is 5.47. The van der Waals surface area contributed by atoms with Gasteiger partial charge in [0.1, 0.15) is 5.82 Å². The van der Waals surface area contributed by atoms with Gasteiger partial charge in [-0.3, -0.25) is 0 Å². The Morgan fingerprint density at radius 3 is 2.82 bits per heavy atom. The SMILES string of the molecule is Cc1ccc2nc(CCCCCCN)[nH]c2c1. The van der Waals surface area contributed by atoms with Crippen molar-refractivity contribution in [1.29, 1.82) is 0 Å². The van der Waals surface area contributed by atoms with E-state index in [1.54, 1.807) is 0 Å². The third-order valence-corrected chi connectivity index (χ3v) is 3.05. The van der Waals surface area contributed by atoms with Gasteiger partial charge in [-0.05, 0) is 44.0 Å². The predicted molar refractivity (Wildman–Crippen MR) is 72.1 cm³/mol. The topological polar surface area (TPSA) is 54.7 Å². The normalized spacial score (nSPS) is 11.2. The molecule has 3 N–H and O–H groups in total. The highest BCUT2D eigenvalue weighted by Gasteiger charge is 2.02. The smallest absolute Gasteiger partial charge is 0.107 e. The van der Waals surface area contributed by atoms with E-state index in [1.165, 1.54) is 24.8 Å². The van der Waals surface area contributed by atoms with Crippen molar-refractivity contribution in [2.75, 3.05) is 6.54 Å². The fourth-order valence-corrected chi connectivity index (χ4v) is 2.09. The predicted octanol–water partition coefficient (Wildman–Crippen LogP) is 2.93. The summed E-state index contributed by atoms with van der Waals surface area (Å²) in [6.45, 7) is 2.91. The number of hydrogen-bond acceptors (Lipinski definition) is 2. The van der Waals surface area contributed by atoms with Crippen molar-refractivity contribution in [1.82, 2.24) is 9.97 Å². The van der Waals surface area contributed by atoms with Gasteiger partial charge in [-0.1, -0.05) is 18.9 Å². The minimum absolute atomic E-state index is 0.809. The number of H-pyrrole nitrogens is 1. The molecule has 92 valence electrons. The monoisotopic (exact) mass is 231 g/mol. The summed E-state index contributed by atoms with van der Waals surface area (Å²) in [6, 6.07) is 6.34. The number of nitrogens with zero attached hydrogens (tertiary/aromatic N) is 1. The van der Waals surface area contributed by atoms with Crippen LogP contribution in [-0.2, 0) is 6.42 Å². The molecule has 2 rings (SSSR count). The number of nitrogens with one attached hydrogen (secondary N) is 1. The number of hydrogen-bond donors (Lipinski definition) is 2. The molecule has 17 heavy (non-hydrogen) atoms. The van der Waals surface area contributed by atoms with Crippen LogP contribution in [0.4, 0.5) is 0 Å². The van der Waals surface area contributed by atoms with Crippen LogP contribution in [0.1, 0.15) is 37.1 Å². The van der Waals surface area contributed by atoms with E-state index in [9.17, 15) is 0 Å². The summed E-state index contributed by atoms with van der Waals surface area (Å²) in [7, 11) is 0. The molecule has 0 saturated heterocycles. The van der Waals surface area contributed by atoms with Crippen LogP contribution in [-0.4, -0.2) is 16.5 Å². The summed E-state index contributed by atoms with van der Waals surface area (Å²) in [6.07, 6.45) is 5.85. The molecule has 0 fully saturated rings. The van der Waals surface area contributed by atoms with E-state index in [4.69, 9.17) is 5.73 Å². The van der Waals surface area contributed by atoms with E-state index < -0.39 is 0 Å². The van der Waals surface area contributed by atoms with Gasteiger partial charge in [0, 0.05) is 6.42 Å². The molecule has 0 unspecified atom stereocenters. The summed E-state index contributed by atoms with van der Waals surface area (Å²) in [5.74, 6) is 1.11. The van der Waals surface area contributed by atoms with Gasteiger partial charge in [-0.15, -0.1) is 0 Å². The van der Waals surface area contributed by atoms with Crippen LogP contribution in [0.25, 0.3) is 11.0 Å². The highest BCUT2D eigenvalue weighted by molar-refractivity contribution is 5.75. The Bertz CT molecular complexity index is 473. The Kier molecular flexibility index (Phi) is 4.15. The van der Waals surface area contributed by atoms with Crippen molar-refractivity contribution in [3.63, 3.8) is 0 Å². The number of imidazole rings is 1. The standard InChI is InChI=1S/C14H21N3/c1-11-7-8-12-13(10-11)17-14(16-12)6-4-2-3-5-9-15/h7-8,10H,2-6,9,15H2,1H3,(H,16,17). The van der Waals surface area contributed by atoms with E-state index in [1.807, 2.05) is 0 Å². The van der Waals surface area contributed by atoms with Gasteiger partial charge < -0.3 is 10.7 Å². The molecule has 1 aromatic heterocycles. The number of aryl methyl sites for hydroxylation is 2. The minimum Gasteiger partial charge on any atom is -0.342 e. The van der Waals surface area contributed by atoms with E-state index in [-0.39, 0.29) is 0 Å². The molecule has 1 aromatic carbocycles. The molecule has 0 amide bonds. The first-order valence-electron chi connectivity index (χ1n) is 6.45. The van der Waals surface area contributed by atoms with Crippen LogP contribution >= 0.6 is 0 Å². The first kappa shape index (κ1) is 12.1. The third-order valence-electron chi connectivity index (χ3n) is 3.05. The Morgan fingerprint density at radius 2 is 2.00 bits per heavy atom. The fraction of sp³-hybridized carbons (Fsp3) is 0.500. The number of aromatic nitrogens is 2. The molecule has 0 bridgehead atoms. The van der Waals surface area contributed by atoms with Gasteiger partial charge in [-0.25, -0.2) is 4.98 Å². The molecule has 0 spiro atoms. The molecular weight excluding hydrogens is 210 g/mol. The lowest BCUT2D eigenvalue weighted by Crippen LogP contribution is -1.98. The Labute approximate surface area is 102 Å². The first-order valence-corrected chi connectivity index (χ1v) is 6.45. The molecule has 0 saturated carbocycles. The zero-order valence-electron chi connectivity index (χ0n) is 10.5. The van der Waals surface area contributed by atoms with Crippen molar-refractivity contribution < 1.29 is 0 Å². The van der Waals surface area contributed by atoms with Crippen LogP contribution in [0.3, 0.4) is 0 Å². The van der Waals surface area contributed by atoms with E-state index in [0.717, 1.165) is 36.2 Å². The second kappa shape index (κ2) is 5.82. The van der Waals surface area contributed by atoms with E-state index >= 15 is 0 Å². The summed E-state index contributed by atoms with van der Waals surface area (Å²) >= 11 is 0. The minimum atomic E-state index is 0.809. The molecule has 0 aliphatic carbocycles. The Balaban J connectivity index is 1.91. The van der Waals surface area contributed by atoms with Crippen molar-refractivity contribution in [2.45, 2.75) is 39.0 Å². The summed E-state index contributed by atoms with van der Waals surface area (Å²) in [5, 5.41) is 0. The second-order valence-corrected chi connectivity index (χ2v) is 4.66. The summed E-state index contributed by atoms with van der Waals surface area (Å²) in [4.78, 5) is 7.98. The van der Waals surface area contributed by atoms with Gasteiger partial charge in [0.15, 0.2) is 0 Å². The van der Waals surface area contributed by atoms with Crippen LogP contribution in [0.15, 0.2) is 18.2 Å². The van der Waals surface area contributed by atoms with Crippen LogP contribution in [0.2, 0.25) is 0 Å². The van der Waals surface area contributed by atoms with Crippen LogP contribution in [0.5, 0.6) is 0 Å². The lowest BCUT2D eigenvalue weighted by Gasteiger charge is -1.97. The average molecular weight is 231 g/mol. The van der Waals surface area contributed by atoms with Gasteiger partial charge in [0.25, 0.3) is 0 Å². The van der Waals surface area contributed by atoms with Crippen LogP contribution < -0.4 is 5.73 Å².